The average Bonchev–Trinajstić information content (AvgIpc) is 2.83. The van der Waals surface area contributed by atoms with Crippen molar-refractivity contribution in [1.82, 2.24) is 15.1 Å². The maximum Gasteiger partial charge on any atom is 0.220 e. The summed E-state index contributed by atoms with van der Waals surface area (Å²) in [5.74, 6) is 0.0493. The first kappa shape index (κ1) is 17.7. The monoisotopic (exact) mass is 360 g/mol. The van der Waals surface area contributed by atoms with E-state index >= 15 is 0 Å². The largest absolute Gasteiger partial charge is 0.369 e. The lowest BCUT2D eigenvalue weighted by Crippen LogP contribution is -2.64. The van der Waals surface area contributed by atoms with Crippen LogP contribution in [0.5, 0.6) is 0 Å². The number of carbonyl (C=O) groups is 1. The van der Waals surface area contributed by atoms with Gasteiger partial charge in [0, 0.05) is 70.0 Å². The van der Waals surface area contributed by atoms with E-state index < -0.39 is 0 Å². The molecule has 3 heterocycles. The van der Waals surface area contributed by atoms with E-state index in [9.17, 15) is 9.18 Å². The standard InChI is InChI=1S/C20H29FN4O/c21-16-5-7-18(8-6-16)24-9-11-25(12-10-24)19-14-23(15-19)13-17-3-1-2-4-20(26)22-17/h5-8,17,19H,1-4,9-15H2,(H,22,26). The summed E-state index contributed by atoms with van der Waals surface area (Å²) in [6.07, 6.45) is 4.00. The molecule has 1 aromatic rings. The second kappa shape index (κ2) is 7.92. The van der Waals surface area contributed by atoms with Gasteiger partial charge in [0.15, 0.2) is 0 Å². The van der Waals surface area contributed by atoms with Crippen LogP contribution < -0.4 is 10.2 Å². The van der Waals surface area contributed by atoms with Crippen LogP contribution in [0.25, 0.3) is 0 Å². The number of piperazine rings is 1. The summed E-state index contributed by atoms with van der Waals surface area (Å²) in [4.78, 5) is 19.1. The van der Waals surface area contributed by atoms with E-state index in [1.165, 1.54) is 12.1 Å². The van der Waals surface area contributed by atoms with Gasteiger partial charge in [-0.05, 0) is 37.1 Å². The van der Waals surface area contributed by atoms with E-state index in [4.69, 9.17) is 0 Å². The molecule has 5 nitrogen and oxygen atoms in total. The van der Waals surface area contributed by atoms with Crippen LogP contribution in [-0.4, -0.2) is 73.6 Å². The highest BCUT2D eigenvalue weighted by Gasteiger charge is 2.34. The Morgan fingerprint density at radius 1 is 1.04 bits per heavy atom. The molecule has 0 aliphatic carbocycles. The van der Waals surface area contributed by atoms with Crippen LogP contribution in [0.15, 0.2) is 24.3 Å². The van der Waals surface area contributed by atoms with E-state index in [2.05, 4.69) is 20.0 Å². The van der Waals surface area contributed by atoms with E-state index in [0.29, 0.717) is 18.5 Å². The SMILES string of the molecule is O=C1CCCCC(CN2CC(N3CCN(c4ccc(F)cc4)CC3)C2)N1. The summed E-state index contributed by atoms with van der Waals surface area (Å²) in [7, 11) is 0. The van der Waals surface area contributed by atoms with Crippen LogP contribution in [0.2, 0.25) is 0 Å². The van der Waals surface area contributed by atoms with Crippen molar-refractivity contribution in [2.75, 3.05) is 50.7 Å². The van der Waals surface area contributed by atoms with Gasteiger partial charge >= 0.3 is 0 Å². The Labute approximate surface area is 155 Å². The molecular weight excluding hydrogens is 331 g/mol. The fraction of sp³-hybridized carbons (Fsp3) is 0.650. The highest BCUT2D eigenvalue weighted by Crippen LogP contribution is 2.22. The third kappa shape index (κ3) is 4.18. The molecule has 6 heteroatoms. The van der Waals surface area contributed by atoms with Gasteiger partial charge in [-0.1, -0.05) is 6.42 Å². The molecule has 1 atom stereocenters. The number of nitrogens with zero attached hydrogens (tertiary/aromatic N) is 3. The van der Waals surface area contributed by atoms with Crippen molar-refractivity contribution >= 4 is 11.6 Å². The number of hydrogen-bond acceptors (Lipinski definition) is 4. The van der Waals surface area contributed by atoms with Crippen LogP contribution in [0.1, 0.15) is 25.7 Å². The number of rotatable bonds is 4. The molecule has 142 valence electrons. The first-order chi connectivity index (χ1) is 12.7. The molecule has 0 spiro atoms. The summed E-state index contributed by atoms with van der Waals surface area (Å²) in [5, 5.41) is 3.17. The molecule has 1 unspecified atom stereocenters. The zero-order valence-electron chi connectivity index (χ0n) is 15.4. The summed E-state index contributed by atoms with van der Waals surface area (Å²) in [6.45, 7) is 7.36. The minimum atomic E-state index is -0.174. The lowest BCUT2D eigenvalue weighted by atomic mass is 10.0. The smallest absolute Gasteiger partial charge is 0.220 e. The second-order valence-electron chi connectivity index (χ2n) is 7.88. The third-order valence-corrected chi connectivity index (χ3v) is 6.01. The number of amides is 1. The quantitative estimate of drug-likeness (QED) is 0.887. The number of anilines is 1. The van der Waals surface area contributed by atoms with Gasteiger partial charge in [-0.2, -0.15) is 0 Å². The molecule has 0 radical (unpaired) electrons. The molecule has 0 saturated carbocycles. The second-order valence-corrected chi connectivity index (χ2v) is 7.88. The van der Waals surface area contributed by atoms with Gasteiger partial charge in [-0.25, -0.2) is 4.39 Å². The van der Waals surface area contributed by atoms with Crippen molar-refractivity contribution in [3.8, 4) is 0 Å². The van der Waals surface area contributed by atoms with Gasteiger partial charge in [0.2, 0.25) is 5.91 Å². The number of halogens is 1. The van der Waals surface area contributed by atoms with E-state index in [1.807, 2.05) is 12.1 Å². The molecular formula is C20H29FN4O. The molecule has 3 fully saturated rings. The fourth-order valence-corrected chi connectivity index (χ4v) is 4.42. The molecule has 0 bridgehead atoms. The summed E-state index contributed by atoms with van der Waals surface area (Å²) >= 11 is 0. The van der Waals surface area contributed by atoms with E-state index in [-0.39, 0.29) is 11.7 Å². The number of hydrogen-bond donors (Lipinski definition) is 1. The van der Waals surface area contributed by atoms with Crippen LogP contribution in [0.3, 0.4) is 0 Å². The Morgan fingerprint density at radius 3 is 2.50 bits per heavy atom. The van der Waals surface area contributed by atoms with Crippen molar-refractivity contribution in [1.29, 1.82) is 0 Å². The normalized spacial score (nSPS) is 26.3. The Morgan fingerprint density at radius 2 is 1.77 bits per heavy atom. The minimum Gasteiger partial charge on any atom is -0.369 e. The minimum absolute atomic E-state index is 0.174. The van der Waals surface area contributed by atoms with Crippen LogP contribution in [-0.2, 0) is 4.79 Å². The molecule has 3 saturated heterocycles. The predicted molar refractivity (Wildman–Crippen MR) is 101 cm³/mol. The number of carbonyl (C=O) groups excluding carboxylic acids is 1. The van der Waals surface area contributed by atoms with Crippen molar-refractivity contribution in [2.24, 2.45) is 0 Å². The molecule has 26 heavy (non-hydrogen) atoms. The molecule has 1 N–H and O–H groups in total. The van der Waals surface area contributed by atoms with E-state index in [0.717, 1.165) is 70.8 Å². The topological polar surface area (TPSA) is 38.8 Å². The summed E-state index contributed by atoms with van der Waals surface area (Å²) < 4.78 is 13.1. The molecule has 3 aliphatic rings. The van der Waals surface area contributed by atoms with Crippen LogP contribution in [0.4, 0.5) is 10.1 Å². The molecule has 3 aliphatic heterocycles. The van der Waals surface area contributed by atoms with Crippen LogP contribution >= 0.6 is 0 Å². The van der Waals surface area contributed by atoms with Gasteiger partial charge in [0.25, 0.3) is 0 Å². The molecule has 1 aromatic carbocycles. The van der Waals surface area contributed by atoms with Gasteiger partial charge < -0.3 is 10.2 Å². The Kier molecular flexibility index (Phi) is 5.41. The molecule has 1 amide bonds. The fourth-order valence-electron chi connectivity index (χ4n) is 4.42. The third-order valence-electron chi connectivity index (χ3n) is 6.01. The van der Waals surface area contributed by atoms with Gasteiger partial charge in [0.1, 0.15) is 5.82 Å². The highest BCUT2D eigenvalue weighted by atomic mass is 19.1. The van der Waals surface area contributed by atoms with E-state index in [1.54, 1.807) is 0 Å². The zero-order chi connectivity index (χ0) is 17.9. The summed E-state index contributed by atoms with van der Waals surface area (Å²) in [6, 6.07) is 7.80. The first-order valence-corrected chi connectivity index (χ1v) is 9.94. The lowest BCUT2D eigenvalue weighted by molar-refractivity contribution is -0.121. The van der Waals surface area contributed by atoms with Gasteiger partial charge in [-0.15, -0.1) is 0 Å². The Hall–Kier alpha value is -1.66. The zero-order valence-corrected chi connectivity index (χ0v) is 15.4. The Bertz CT molecular complexity index is 609. The maximum absolute atomic E-state index is 13.1. The van der Waals surface area contributed by atoms with Crippen molar-refractivity contribution < 1.29 is 9.18 Å². The lowest BCUT2D eigenvalue weighted by Gasteiger charge is -2.49. The Balaban J connectivity index is 1.19. The molecule has 4 rings (SSSR count). The number of likely N-dealkylation sites (tertiary alicyclic amines) is 1. The number of nitrogens with one attached hydrogen (secondary N) is 1. The van der Waals surface area contributed by atoms with Crippen molar-refractivity contribution in [2.45, 2.75) is 37.8 Å². The average molecular weight is 360 g/mol. The van der Waals surface area contributed by atoms with Crippen molar-refractivity contribution in [3.05, 3.63) is 30.1 Å². The van der Waals surface area contributed by atoms with Gasteiger partial charge in [-0.3, -0.25) is 14.6 Å². The maximum atomic E-state index is 13.1. The first-order valence-electron chi connectivity index (χ1n) is 9.94. The number of benzene rings is 1. The van der Waals surface area contributed by atoms with Crippen molar-refractivity contribution in [3.63, 3.8) is 0 Å². The predicted octanol–water partition coefficient (Wildman–Crippen LogP) is 1.69. The molecule has 0 aromatic heterocycles. The highest BCUT2D eigenvalue weighted by molar-refractivity contribution is 5.76. The summed E-state index contributed by atoms with van der Waals surface area (Å²) in [5.41, 5.74) is 1.12. The van der Waals surface area contributed by atoms with Crippen LogP contribution in [0, 0.1) is 5.82 Å². The van der Waals surface area contributed by atoms with Gasteiger partial charge in [0.05, 0.1) is 0 Å².